The molecule has 3 heterocycles. The van der Waals surface area contributed by atoms with E-state index in [-0.39, 0.29) is 79.9 Å². The Bertz CT molecular complexity index is 2590. The van der Waals surface area contributed by atoms with Crippen molar-refractivity contribution >= 4 is 23.4 Å². The van der Waals surface area contributed by atoms with Crippen LogP contribution in [0.1, 0.15) is 148 Å². The van der Waals surface area contributed by atoms with Crippen molar-refractivity contribution in [3.63, 3.8) is 0 Å². The second-order valence-electron chi connectivity index (χ2n) is 20.4. The van der Waals surface area contributed by atoms with E-state index in [4.69, 9.17) is 9.47 Å². The average molecular weight is 924 g/mol. The van der Waals surface area contributed by atoms with E-state index in [1.165, 1.54) is 0 Å². The molecule has 3 aliphatic carbocycles. The normalized spacial score (nSPS) is 29.9. The molecule has 0 radical (unpaired) electrons. The van der Waals surface area contributed by atoms with Crippen LogP contribution in [0.4, 0.5) is 5.69 Å². The number of anilines is 1. The number of Topliss-reactive ketones (excluding diaryl/α,β-unsaturated/α-hetero) is 1. The molecular formula is C57H65NO10. The summed E-state index contributed by atoms with van der Waals surface area (Å²) in [6, 6.07) is 15.5. The molecule has 11 nitrogen and oxygen atoms in total. The summed E-state index contributed by atoms with van der Waals surface area (Å²) in [6.07, 6.45) is 12.0. The van der Waals surface area contributed by atoms with Crippen molar-refractivity contribution in [3.8, 4) is 23.3 Å². The van der Waals surface area contributed by atoms with Crippen LogP contribution in [0.2, 0.25) is 0 Å². The number of hydrogen-bond acceptors (Lipinski definition) is 11. The van der Waals surface area contributed by atoms with Gasteiger partial charge in [-0.1, -0.05) is 92.7 Å². The number of allylic oxidation sites excluding steroid dienone is 4. The summed E-state index contributed by atoms with van der Waals surface area (Å²) in [5, 5.41) is 62.7. The summed E-state index contributed by atoms with van der Waals surface area (Å²) in [6.45, 7) is 3.58. The molecule has 9 rings (SSSR count). The Morgan fingerprint density at radius 3 is 2.53 bits per heavy atom. The summed E-state index contributed by atoms with van der Waals surface area (Å²) in [4.78, 5) is 43.1. The van der Waals surface area contributed by atoms with Crippen molar-refractivity contribution in [3.05, 3.63) is 123 Å². The number of carbonyl (C=O) groups is 3. The Balaban J connectivity index is 1.30. The van der Waals surface area contributed by atoms with Crippen molar-refractivity contribution in [1.82, 2.24) is 0 Å². The van der Waals surface area contributed by atoms with Gasteiger partial charge >= 0.3 is 11.9 Å². The molecule has 3 aliphatic heterocycles. The number of ether oxygens (including phenoxy) is 2. The Morgan fingerprint density at radius 2 is 1.78 bits per heavy atom. The van der Waals surface area contributed by atoms with E-state index in [0.717, 1.165) is 24.0 Å². The minimum absolute atomic E-state index is 0.0417. The number of hydrogen-bond donors (Lipinski definition) is 6. The van der Waals surface area contributed by atoms with E-state index in [2.05, 4.69) is 23.2 Å². The molecule has 8 bridgehead atoms. The van der Waals surface area contributed by atoms with E-state index in [9.17, 15) is 35.1 Å². The van der Waals surface area contributed by atoms with E-state index >= 15 is 4.79 Å². The van der Waals surface area contributed by atoms with E-state index in [1.54, 1.807) is 25.1 Å². The zero-order valence-corrected chi connectivity index (χ0v) is 39.2. The number of phenols is 1. The zero-order chi connectivity index (χ0) is 47.7. The summed E-state index contributed by atoms with van der Waals surface area (Å²) < 4.78 is 12.9. The average Bonchev–Trinajstić information content (AvgIpc) is 3.84. The number of ketones is 1. The van der Waals surface area contributed by atoms with Crippen LogP contribution in [0.25, 0.3) is 0 Å². The van der Waals surface area contributed by atoms with Gasteiger partial charge in [-0.3, -0.25) is 9.59 Å². The first kappa shape index (κ1) is 47.6. The van der Waals surface area contributed by atoms with Crippen molar-refractivity contribution in [2.75, 3.05) is 11.9 Å². The van der Waals surface area contributed by atoms with Crippen molar-refractivity contribution in [2.24, 2.45) is 11.8 Å². The van der Waals surface area contributed by atoms with Crippen LogP contribution in [-0.2, 0) is 44.0 Å². The van der Waals surface area contributed by atoms with Crippen LogP contribution in [-0.4, -0.2) is 73.7 Å². The number of aromatic hydroxyl groups is 1. The fourth-order valence-corrected chi connectivity index (χ4v) is 12.2. The molecule has 0 saturated heterocycles. The Hall–Kier alpha value is -5.51. The molecule has 3 aromatic rings. The topological polar surface area (TPSA) is 183 Å². The Labute approximate surface area is 399 Å². The van der Waals surface area contributed by atoms with Gasteiger partial charge in [0.15, 0.2) is 0 Å². The number of phenolic OH excluding ortho intramolecular Hbond substituents is 1. The molecule has 0 amide bonds. The molecule has 358 valence electrons. The lowest BCUT2D eigenvalue weighted by atomic mass is 9.66. The van der Waals surface area contributed by atoms with Gasteiger partial charge in [0.1, 0.15) is 29.0 Å². The summed E-state index contributed by atoms with van der Waals surface area (Å²) in [7, 11) is 0. The van der Waals surface area contributed by atoms with Gasteiger partial charge in [0, 0.05) is 64.9 Å². The molecule has 1 spiro atoms. The van der Waals surface area contributed by atoms with Crippen LogP contribution in [0.15, 0.2) is 84.5 Å². The smallest absolute Gasteiger partial charge is 0.334 e. The fourth-order valence-electron chi connectivity index (χ4n) is 12.2. The number of fused-ring (bicyclic) bond motifs is 9. The van der Waals surface area contributed by atoms with Gasteiger partial charge in [0.2, 0.25) is 0 Å². The van der Waals surface area contributed by atoms with Crippen molar-refractivity contribution in [1.29, 1.82) is 0 Å². The zero-order valence-electron chi connectivity index (χ0n) is 39.2. The predicted octanol–water partition coefficient (Wildman–Crippen LogP) is 8.19. The Morgan fingerprint density at radius 1 is 0.971 bits per heavy atom. The quantitative estimate of drug-likeness (QED) is 0.0728. The molecule has 6 N–H and O–H groups in total. The largest absolute Gasteiger partial charge is 0.507 e. The summed E-state index contributed by atoms with van der Waals surface area (Å²) in [5.41, 5.74) is 2.97. The van der Waals surface area contributed by atoms with Gasteiger partial charge in [-0.25, -0.2) is 4.79 Å². The standard InChI is InChI=1S/C57H65NO10/c1-3-18-57(66)45-16-17-48(61)41(26-45)21-35-10-9-13-44(23-35)56(19-7-8-20-56)49(62)29-43-25-38(40-22-36(33-59)24-46(27-40)58-32-34(2)60)14-15-39-31-51(63)68-54-47(39)28-42(30-50(57)67-55(43)65)53(64)52(54)37-11-5-4-6-12-37/h4-6,9-11,13,22-24,27-29,34,37-39,41,45,49-50,58-60,62,64,66H,3,7-8,12,16-21,25-26,30-33H2,1-2H3/b43-29-/t34-,37+,38+,39-,41-,45+,49+,50+,57-/m0/s1. The minimum Gasteiger partial charge on any atom is -0.507 e. The first-order valence-electron chi connectivity index (χ1n) is 24.8. The second-order valence-corrected chi connectivity index (χ2v) is 20.4. The first-order chi connectivity index (χ1) is 32.8. The van der Waals surface area contributed by atoms with Crippen LogP contribution in [0.3, 0.4) is 0 Å². The van der Waals surface area contributed by atoms with Crippen LogP contribution in [0.5, 0.6) is 11.5 Å². The molecule has 68 heavy (non-hydrogen) atoms. The highest BCUT2D eigenvalue weighted by Gasteiger charge is 2.50. The van der Waals surface area contributed by atoms with Gasteiger partial charge in [-0.2, -0.15) is 0 Å². The highest BCUT2D eigenvalue weighted by Crippen LogP contribution is 2.51. The third-order valence-electron chi connectivity index (χ3n) is 15.8. The Kier molecular flexibility index (Phi) is 13.9. The van der Waals surface area contributed by atoms with E-state index in [1.807, 2.05) is 61.6 Å². The highest BCUT2D eigenvalue weighted by molar-refractivity contribution is 5.89. The summed E-state index contributed by atoms with van der Waals surface area (Å²) >= 11 is 0. The maximum absolute atomic E-state index is 15.5. The predicted molar refractivity (Wildman–Crippen MR) is 258 cm³/mol. The monoisotopic (exact) mass is 923 g/mol. The number of esters is 2. The van der Waals surface area contributed by atoms with Gasteiger partial charge in [-0.05, 0) is 116 Å². The maximum Gasteiger partial charge on any atom is 0.334 e. The number of aliphatic hydroxyl groups is 4. The number of carbonyl (C=O) groups excluding carboxylic acids is 3. The van der Waals surface area contributed by atoms with Crippen molar-refractivity contribution < 1.29 is 49.4 Å². The molecule has 9 atom stereocenters. The van der Waals surface area contributed by atoms with Crippen LogP contribution in [0, 0.1) is 23.7 Å². The van der Waals surface area contributed by atoms with Gasteiger partial charge < -0.3 is 40.3 Å². The number of nitrogens with one attached hydrogen (secondary N) is 1. The van der Waals surface area contributed by atoms with Gasteiger partial charge in [-0.15, -0.1) is 0 Å². The van der Waals surface area contributed by atoms with Crippen LogP contribution >= 0.6 is 0 Å². The number of aliphatic hydroxyl groups excluding tert-OH is 3. The van der Waals surface area contributed by atoms with E-state index in [0.29, 0.717) is 78.5 Å². The lowest BCUT2D eigenvalue weighted by Crippen LogP contribution is -2.54. The van der Waals surface area contributed by atoms with Gasteiger partial charge in [0.25, 0.3) is 0 Å². The minimum atomic E-state index is -1.65. The highest BCUT2D eigenvalue weighted by atomic mass is 16.6. The lowest BCUT2D eigenvalue weighted by Gasteiger charge is -2.45. The lowest BCUT2D eigenvalue weighted by molar-refractivity contribution is -0.176. The molecule has 0 unspecified atom stereocenters. The van der Waals surface area contributed by atoms with Gasteiger partial charge in [0.05, 0.1) is 31.2 Å². The molecule has 6 aliphatic rings. The number of benzene rings is 3. The molecule has 3 aromatic carbocycles. The molecule has 2 saturated carbocycles. The van der Waals surface area contributed by atoms with Crippen molar-refractivity contribution in [2.45, 2.75) is 157 Å². The third kappa shape index (κ3) is 9.45. The van der Waals surface area contributed by atoms with Crippen LogP contribution < -0.4 is 10.1 Å². The molecule has 2 fully saturated rings. The molecular weight excluding hydrogens is 859 g/mol. The fraction of sp³-hybridized carbons (Fsp3) is 0.491. The SMILES string of the molecule is CCC[C@]1(O)[C@@H]2CCC(=O)[C@@H](Cc3cccc(c3)C3(CCCC3)[C@H](O)/C=C3/C[C@H](c4cc(CO)cc(NC[C@H](C)O)c4)C#C[C@H]4CC(=O)Oc5c4cc(c(O)c5[C@@H]4C=CC=CC4)C[C@H]1OC3=O)C2. The third-order valence-corrected chi connectivity index (χ3v) is 15.8. The second kappa shape index (κ2) is 19.8. The maximum atomic E-state index is 15.5. The number of rotatable bonds is 8. The first-order valence-corrected chi connectivity index (χ1v) is 24.8. The van der Waals surface area contributed by atoms with E-state index < -0.39 is 59.0 Å². The molecule has 0 aromatic heterocycles. The summed E-state index contributed by atoms with van der Waals surface area (Å²) in [5.74, 6) is 3.29. The molecule has 11 heteroatoms.